The maximum absolute atomic E-state index is 9.49. The SMILES string of the molecule is CC(NC1CCCC1(C)CO)c1nccs1. The molecule has 1 aromatic heterocycles. The molecule has 90 valence electrons. The zero-order chi connectivity index (χ0) is 11.6. The van der Waals surface area contributed by atoms with Gasteiger partial charge in [0.05, 0.1) is 6.04 Å². The second-order valence-electron chi connectivity index (χ2n) is 5.02. The van der Waals surface area contributed by atoms with E-state index in [1.54, 1.807) is 11.3 Å². The molecule has 0 bridgehead atoms. The Morgan fingerprint density at radius 2 is 2.56 bits per heavy atom. The van der Waals surface area contributed by atoms with E-state index in [0.717, 1.165) is 17.8 Å². The summed E-state index contributed by atoms with van der Waals surface area (Å²) in [6.07, 6.45) is 5.33. The topological polar surface area (TPSA) is 45.1 Å². The lowest BCUT2D eigenvalue weighted by molar-refractivity contribution is 0.114. The number of aromatic nitrogens is 1. The Hall–Kier alpha value is -0.450. The van der Waals surface area contributed by atoms with Crippen molar-refractivity contribution >= 4 is 11.3 Å². The standard InChI is InChI=1S/C12H20N2OS/c1-9(11-13-6-7-16-11)14-10-4-3-5-12(10,2)8-15/h6-7,9-10,14-15H,3-5,8H2,1-2H3. The number of hydrogen-bond acceptors (Lipinski definition) is 4. The lowest BCUT2D eigenvalue weighted by Crippen LogP contribution is -2.42. The molecule has 1 aliphatic rings. The van der Waals surface area contributed by atoms with Gasteiger partial charge in [-0.2, -0.15) is 0 Å². The molecule has 3 unspecified atom stereocenters. The van der Waals surface area contributed by atoms with E-state index in [1.807, 2.05) is 11.6 Å². The number of aliphatic hydroxyl groups is 1. The van der Waals surface area contributed by atoms with Crippen LogP contribution in [0, 0.1) is 5.41 Å². The molecule has 2 N–H and O–H groups in total. The van der Waals surface area contributed by atoms with Crippen LogP contribution in [0.3, 0.4) is 0 Å². The summed E-state index contributed by atoms with van der Waals surface area (Å²) in [5.74, 6) is 0. The minimum Gasteiger partial charge on any atom is -0.396 e. The number of nitrogens with one attached hydrogen (secondary N) is 1. The smallest absolute Gasteiger partial charge is 0.109 e. The minimum absolute atomic E-state index is 0.0471. The van der Waals surface area contributed by atoms with Gasteiger partial charge in [-0.3, -0.25) is 0 Å². The van der Waals surface area contributed by atoms with Crippen molar-refractivity contribution in [2.45, 2.75) is 45.2 Å². The fraction of sp³-hybridized carbons (Fsp3) is 0.750. The van der Waals surface area contributed by atoms with Crippen LogP contribution in [-0.4, -0.2) is 22.7 Å². The Balaban J connectivity index is 1.99. The van der Waals surface area contributed by atoms with E-state index in [4.69, 9.17) is 0 Å². The first kappa shape index (κ1) is 12.0. The minimum atomic E-state index is 0.0471. The molecule has 2 rings (SSSR count). The van der Waals surface area contributed by atoms with E-state index in [2.05, 4.69) is 24.1 Å². The zero-order valence-electron chi connectivity index (χ0n) is 9.94. The highest BCUT2D eigenvalue weighted by molar-refractivity contribution is 7.09. The van der Waals surface area contributed by atoms with E-state index in [0.29, 0.717) is 6.04 Å². The summed E-state index contributed by atoms with van der Waals surface area (Å²) in [6.45, 7) is 4.59. The number of rotatable bonds is 4. The van der Waals surface area contributed by atoms with Gasteiger partial charge in [-0.05, 0) is 19.8 Å². The summed E-state index contributed by atoms with van der Waals surface area (Å²) in [7, 11) is 0. The molecular weight excluding hydrogens is 220 g/mol. The Morgan fingerprint density at radius 3 is 3.19 bits per heavy atom. The first-order valence-corrected chi connectivity index (χ1v) is 6.80. The maximum Gasteiger partial charge on any atom is 0.109 e. The van der Waals surface area contributed by atoms with Crippen LogP contribution in [0.15, 0.2) is 11.6 Å². The Bertz CT molecular complexity index is 328. The Labute approximate surface area is 101 Å². The van der Waals surface area contributed by atoms with Gasteiger partial charge in [-0.15, -0.1) is 11.3 Å². The molecule has 3 atom stereocenters. The normalized spacial score (nSPS) is 31.8. The van der Waals surface area contributed by atoms with Crippen molar-refractivity contribution in [3.05, 3.63) is 16.6 Å². The summed E-state index contributed by atoms with van der Waals surface area (Å²) in [5, 5.41) is 16.2. The monoisotopic (exact) mass is 240 g/mol. The van der Waals surface area contributed by atoms with E-state index >= 15 is 0 Å². The number of thiazole rings is 1. The third-order valence-corrected chi connectivity index (χ3v) is 4.67. The van der Waals surface area contributed by atoms with Gasteiger partial charge in [0.25, 0.3) is 0 Å². The van der Waals surface area contributed by atoms with Crippen LogP contribution in [0.25, 0.3) is 0 Å². The van der Waals surface area contributed by atoms with Crippen LogP contribution in [0.5, 0.6) is 0 Å². The maximum atomic E-state index is 9.49. The molecule has 1 aliphatic carbocycles. The molecule has 0 saturated heterocycles. The molecule has 0 radical (unpaired) electrons. The van der Waals surface area contributed by atoms with Crippen molar-refractivity contribution in [1.82, 2.24) is 10.3 Å². The molecule has 0 spiro atoms. The lowest BCUT2D eigenvalue weighted by Gasteiger charge is -2.32. The van der Waals surface area contributed by atoms with Gasteiger partial charge in [0, 0.05) is 29.6 Å². The Kier molecular flexibility index (Phi) is 3.62. The van der Waals surface area contributed by atoms with Gasteiger partial charge in [-0.1, -0.05) is 13.3 Å². The van der Waals surface area contributed by atoms with E-state index in [-0.39, 0.29) is 18.1 Å². The molecule has 0 amide bonds. The van der Waals surface area contributed by atoms with E-state index in [9.17, 15) is 5.11 Å². The van der Waals surface area contributed by atoms with E-state index < -0.39 is 0 Å². The van der Waals surface area contributed by atoms with Gasteiger partial charge in [0.1, 0.15) is 5.01 Å². The van der Waals surface area contributed by atoms with Crippen molar-refractivity contribution in [1.29, 1.82) is 0 Å². The second-order valence-corrected chi connectivity index (χ2v) is 5.94. The fourth-order valence-corrected chi connectivity index (χ4v) is 3.18. The molecule has 0 aromatic carbocycles. The van der Waals surface area contributed by atoms with Crippen LogP contribution in [0.1, 0.15) is 44.2 Å². The lowest BCUT2D eigenvalue weighted by atomic mass is 9.85. The summed E-state index contributed by atoms with van der Waals surface area (Å²) < 4.78 is 0. The van der Waals surface area contributed by atoms with Crippen molar-refractivity contribution in [3.63, 3.8) is 0 Å². The summed E-state index contributed by atoms with van der Waals surface area (Å²) in [6, 6.07) is 0.699. The van der Waals surface area contributed by atoms with Gasteiger partial charge in [0.15, 0.2) is 0 Å². The highest BCUT2D eigenvalue weighted by Crippen LogP contribution is 2.38. The zero-order valence-corrected chi connectivity index (χ0v) is 10.8. The third-order valence-electron chi connectivity index (χ3n) is 3.72. The molecule has 1 heterocycles. The summed E-state index contributed by atoms with van der Waals surface area (Å²) >= 11 is 1.69. The molecule has 4 heteroatoms. The van der Waals surface area contributed by atoms with Crippen LogP contribution in [0.4, 0.5) is 0 Å². The van der Waals surface area contributed by atoms with Crippen molar-refractivity contribution < 1.29 is 5.11 Å². The number of aliphatic hydroxyl groups excluding tert-OH is 1. The van der Waals surface area contributed by atoms with Crippen LogP contribution >= 0.6 is 11.3 Å². The predicted octanol–water partition coefficient (Wildman–Crippen LogP) is 2.34. The summed E-state index contributed by atoms with van der Waals surface area (Å²) in [4.78, 5) is 4.33. The van der Waals surface area contributed by atoms with Crippen LogP contribution in [-0.2, 0) is 0 Å². The van der Waals surface area contributed by atoms with Gasteiger partial charge in [0.2, 0.25) is 0 Å². The van der Waals surface area contributed by atoms with Crippen molar-refractivity contribution in [3.8, 4) is 0 Å². The van der Waals surface area contributed by atoms with Crippen molar-refractivity contribution in [2.24, 2.45) is 5.41 Å². The van der Waals surface area contributed by atoms with Gasteiger partial charge >= 0.3 is 0 Å². The summed E-state index contributed by atoms with van der Waals surface area (Å²) in [5.41, 5.74) is 0.0471. The first-order chi connectivity index (χ1) is 7.65. The number of nitrogens with zero attached hydrogens (tertiary/aromatic N) is 1. The number of hydrogen-bond donors (Lipinski definition) is 2. The van der Waals surface area contributed by atoms with Crippen LogP contribution in [0.2, 0.25) is 0 Å². The Morgan fingerprint density at radius 1 is 1.75 bits per heavy atom. The molecule has 1 saturated carbocycles. The molecular formula is C12H20N2OS. The average Bonchev–Trinajstić information content (AvgIpc) is 2.89. The van der Waals surface area contributed by atoms with E-state index in [1.165, 1.54) is 6.42 Å². The molecule has 0 aliphatic heterocycles. The molecule has 16 heavy (non-hydrogen) atoms. The molecule has 1 fully saturated rings. The largest absolute Gasteiger partial charge is 0.396 e. The third kappa shape index (κ3) is 2.29. The first-order valence-electron chi connectivity index (χ1n) is 5.92. The predicted molar refractivity (Wildman–Crippen MR) is 66.5 cm³/mol. The molecule has 1 aromatic rings. The highest BCUT2D eigenvalue weighted by Gasteiger charge is 2.38. The van der Waals surface area contributed by atoms with Crippen molar-refractivity contribution in [2.75, 3.05) is 6.61 Å². The fourth-order valence-electron chi connectivity index (χ4n) is 2.53. The second kappa shape index (κ2) is 4.82. The highest BCUT2D eigenvalue weighted by atomic mass is 32.1. The molecule has 3 nitrogen and oxygen atoms in total. The van der Waals surface area contributed by atoms with Gasteiger partial charge < -0.3 is 10.4 Å². The van der Waals surface area contributed by atoms with Crippen LogP contribution < -0.4 is 5.32 Å². The average molecular weight is 240 g/mol. The van der Waals surface area contributed by atoms with Gasteiger partial charge in [-0.25, -0.2) is 4.98 Å². The quantitative estimate of drug-likeness (QED) is 0.849.